The highest BCUT2D eigenvalue weighted by atomic mass is 127. The second-order valence-electron chi connectivity index (χ2n) is 8.08. The number of anilines is 1. The molecule has 29 heavy (non-hydrogen) atoms. The molecule has 1 N–H and O–H groups in total. The van der Waals surface area contributed by atoms with Gasteiger partial charge in [0.05, 0.1) is 38.2 Å². The Morgan fingerprint density at radius 1 is 1.10 bits per heavy atom. The summed E-state index contributed by atoms with van der Waals surface area (Å²) in [6.45, 7) is 2.72. The molecule has 4 rings (SSSR count). The summed E-state index contributed by atoms with van der Waals surface area (Å²) < 4.78 is 7.61. The van der Waals surface area contributed by atoms with Crippen LogP contribution >= 0.6 is 11.3 Å². The van der Waals surface area contributed by atoms with Crippen molar-refractivity contribution in [1.82, 2.24) is 0 Å². The second-order valence-corrected chi connectivity index (χ2v) is 9.16. The number of nitrogens with zero attached hydrogens (tertiary/aromatic N) is 1. The molecule has 2 aromatic carbocycles. The lowest BCUT2D eigenvalue weighted by atomic mass is 10.0. The van der Waals surface area contributed by atoms with Gasteiger partial charge in [0.1, 0.15) is 6.54 Å². The van der Waals surface area contributed by atoms with Gasteiger partial charge in [0, 0.05) is 28.8 Å². The molecule has 1 aromatic heterocycles. The Bertz CT molecular complexity index is 929. The average molecular weight is 522 g/mol. The second kappa shape index (κ2) is 9.55. The van der Waals surface area contributed by atoms with Gasteiger partial charge in [-0.2, -0.15) is 0 Å². The molecule has 4 nitrogen and oxygen atoms in total. The summed E-state index contributed by atoms with van der Waals surface area (Å²) in [7, 11) is 4.60. The van der Waals surface area contributed by atoms with Gasteiger partial charge in [-0.25, -0.2) is 0 Å². The molecule has 1 fully saturated rings. The van der Waals surface area contributed by atoms with Crippen molar-refractivity contribution < 1.29 is 38.0 Å². The smallest absolute Gasteiger partial charge is 0.265 e. The maximum absolute atomic E-state index is 12.6. The van der Waals surface area contributed by atoms with Crippen LogP contribution in [-0.2, 0) is 11.3 Å². The molecule has 3 aromatic rings. The van der Waals surface area contributed by atoms with E-state index in [4.69, 9.17) is 4.74 Å². The van der Waals surface area contributed by atoms with Crippen LogP contribution in [0.5, 0.6) is 0 Å². The van der Waals surface area contributed by atoms with E-state index in [2.05, 4.69) is 31.5 Å². The summed E-state index contributed by atoms with van der Waals surface area (Å²) in [5, 5.41) is 4.13. The summed E-state index contributed by atoms with van der Waals surface area (Å²) >= 11 is 1.53. The maximum atomic E-state index is 12.6. The van der Waals surface area contributed by atoms with Gasteiger partial charge in [-0.05, 0) is 29.7 Å². The number of amides is 1. The number of rotatable bonds is 5. The fraction of sp³-hybridized carbons (Fsp3) is 0.348. The molecular formula is C23H27IN2O2S. The topological polar surface area (TPSA) is 38.3 Å². The van der Waals surface area contributed by atoms with Crippen LogP contribution in [0.2, 0.25) is 0 Å². The lowest BCUT2D eigenvalue weighted by Crippen LogP contribution is -3.00. The van der Waals surface area contributed by atoms with Crippen LogP contribution in [0.3, 0.4) is 0 Å². The average Bonchev–Trinajstić information content (AvgIpc) is 3.14. The Hall–Kier alpha value is -1.48. The SMILES string of the molecule is C[N+](C)(Cc1ccc(NC(=O)c2cc3ccccc3s2)cc1)C1CCOCC1.[I-]. The molecule has 0 spiro atoms. The molecule has 0 bridgehead atoms. The zero-order valence-electron chi connectivity index (χ0n) is 16.9. The number of quaternary nitrogens is 1. The van der Waals surface area contributed by atoms with Crippen LogP contribution in [0.4, 0.5) is 5.69 Å². The van der Waals surface area contributed by atoms with E-state index < -0.39 is 0 Å². The number of fused-ring (bicyclic) bond motifs is 1. The van der Waals surface area contributed by atoms with E-state index in [0.29, 0.717) is 6.04 Å². The minimum absolute atomic E-state index is 0. The van der Waals surface area contributed by atoms with Crippen LogP contribution in [-0.4, -0.2) is 43.7 Å². The molecule has 1 amide bonds. The largest absolute Gasteiger partial charge is 1.00 e. The molecule has 0 saturated carbocycles. The van der Waals surface area contributed by atoms with Crippen LogP contribution in [0.15, 0.2) is 54.6 Å². The fourth-order valence-electron chi connectivity index (χ4n) is 3.96. The van der Waals surface area contributed by atoms with Crippen molar-refractivity contribution in [3.63, 3.8) is 0 Å². The van der Waals surface area contributed by atoms with E-state index in [1.54, 1.807) is 0 Å². The third-order valence-corrected chi connectivity index (χ3v) is 6.75. The number of hydrogen-bond donors (Lipinski definition) is 1. The monoisotopic (exact) mass is 522 g/mol. The maximum Gasteiger partial charge on any atom is 0.265 e. The Morgan fingerprint density at radius 3 is 2.48 bits per heavy atom. The van der Waals surface area contributed by atoms with Gasteiger partial charge in [-0.3, -0.25) is 4.79 Å². The predicted molar refractivity (Wildman–Crippen MR) is 116 cm³/mol. The van der Waals surface area contributed by atoms with Gasteiger partial charge in [0.15, 0.2) is 0 Å². The van der Waals surface area contributed by atoms with Gasteiger partial charge < -0.3 is 38.5 Å². The van der Waals surface area contributed by atoms with Crippen molar-refractivity contribution in [2.45, 2.75) is 25.4 Å². The first-order valence-electron chi connectivity index (χ1n) is 9.80. The van der Waals surface area contributed by atoms with E-state index in [-0.39, 0.29) is 29.9 Å². The van der Waals surface area contributed by atoms with E-state index in [9.17, 15) is 4.79 Å². The van der Waals surface area contributed by atoms with E-state index in [0.717, 1.165) is 57.7 Å². The van der Waals surface area contributed by atoms with Crippen molar-refractivity contribution >= 4 is 33.0 Å². The van der Waals surface area contributed by atoms with Crippen LogP contribution in [0.1, 0.15) is 28.1 Å². The Balaban J connectivity index is 0.00000240. The minimum atomic E-state index is -0.0488. The summed E-state index contributed by atoms with van der Waals surface area (Å²) in [5.74, 6) is -0.0488. The van der Waals surface area contributed by atoms with E-state index in [1.807, 2.05) is 42.5 Å². The molecule has 1 aliphatic rings. The first-order valence-corrected chi connectivity index (χ1v) is 10.6. The zero-order valence-corrected chi connectivity index (χ0v) is 19.8. The number of ether oxygens (including phenoxy) is 1. The molecule has 0 aliphatic carbocycles. The lowest BCUT2D eigenvalue weighted by Gasteiger charge is -2.40. The highest BCUT2D eigenvalue weighted by molar-refractivity contribution is 7.20. The quantitative estimate of drug-likeness (QED) is 0.411. The third-order valence-electron chi connectivity index (χ3n) is 5.63. The van der Waals surface area contributed by atoms with Crippen molar-refractivity contribution in [3.05, 3.63) is 65.0 Å². The third kappa shape index (κ3) is 5.36. The normalized spacial score (nSPS) is 15.1. The summed E-state index contributed by atoms with van der Waals surface area (Å²) in [6.07, 6.45) is 2.24. The first-order chi connectivity index (χ1) is 13.5. The number of nitrogens with one attached hydrogen (secondary N) is 1. The van der Waals surface area contributed by atoms with Gasteiger partial charge in [0.2, 0.25) is 0 Å². The minimum Gasteiger partial charge on any atom is -1.00 e. The number of thiophene rings is 1. The number of carbonyl (C=O) groups excluding carboxylic acids is 1. The lowest BCUT2D eigenvalue weighted by molar-refractivity contribution is -0.929. The highest BCUT2D eigenvalue weighted by Crippen LogP contribution is 2.26. The molecule has 0 radical (unpaired) electrons. The summed E-state index contributed by atoms with van der Waals surface area (Å²) in [4.78, 5) is 13.3. The van der Waals surface area contributed by atoms with Crippen molar-refractivity contribution in [1.29, 1.82) is 0 Å². The van der Waals surface area contributed by atoms with Crippen LogP contribution in [0, 0.1) is 0 Å². The van der Waals surface area contributed by atoms with Gasteiger partial charge >= 0.3 is 0 Å². The van der Waals surface area contributed by atoms with Gasteiger partial charge in [-0.1, -0.05) is 30.3 Å². The van der Waals surface area contributed by atoms with Crippen molar-refractivity contribution in [3.8, 4) is 0 Å². The molecule has 2 heterocycles. The highest BCUT2D eigenvalue weighted by Gasteiger charge is 2.30. The van der Waals surface area contributed by atoms with Crippen LogP contribution in [0.25, 0.3) is 10.1 Å². The zero-order chi connectivity index (χ0) is 19.6. The number of halogens is 1. The number of carbonyl (C=O) groups is 1. The first kappa shape index (κ1) is 22.2. The Morgan fingerprint density at radius 2 is 1.79 bits per heavy atom. The summed E-state index contributed by atoms with van der Waals surface area (Å²) in [6, 6.07) is 18.9. The molecule has 1 aliphatic heterocycles. The fourth-order valence-corrected chi connectivity index (χ4v) is 4.92. The molecule has 154 valence electrons. The summed E-state index contributed by atoms with van der Waals surface area (Å²) in [5.41, 5.74) is 2.12. The van der Waals surface area contributed by atoms with E-state index in [1.165, 1.54) is 16.9 Å². The van der Waals surface area contributed by atoms with E-state index >= 15 is 0 Å². The number of benzene rings is 2. The molecule has 0 unspecified atom stereocenters. The molecule has 6 heteroatoms. The van der Waals surface area contributed by atoms with Gasteiger partial charge in [0.25, 0.3) is 5.91 Å². The molecule has 1 saturated heterocycles. The molecular weight excluding hydrogens is 495 g/mol. The Kier molecular flexibility index (Phi) is 7.32. The Labute approximate surface area is 193 Å². The predicted octanol–water partition coefficient (Wildman–Crippen LogP) is 1.91. The molecule has 0 atom stereocenters. The van der Waals surface area contributed by atoms with Crippen molar-refractivity contribution in [2.75, 3.05) is 32.6 Å². The van der Waals surface area contributed by atoms with Gasteiger partial charge in [-0.15, -0.1) is 11.3 Å². The van der Waals surface area contributed by atoms with Crippen LogP contribution < -0.4 is 29.3 Å². The number of hydrogen-bond acceptors (Lipinski definition) is 3. The standard InChI is InChI=1S/C23H26N2O2S.HI/c1-25(2,20-11-13-27-14-12-20)16-17-7-9-19(10-8-17)24-23(26)22-15-18-5-3-4-6-21(18)28-22;/h3-10,15,20H,11-14,16H2,1-2H3;1H. The van der Waals surface area contributed by atoms with Crippen molar-refractivity contribution in [2.24, 2.45) is 0 Å².